The van der Waals surface area contributed by atoms with Crippen LogP contribution in [0.5, 0.6) is 0 Å². The van der Waals surface area contributed by atoms with Gasteiger partial charge in [-0.15, -0.1) is 0 Å². The standard InChI is InChI=1S/C14H12N4S/c1-9(14-17-7-8-18-14)19-12-5-6-16-13-10(12)3-2-4-11(13)15/h2-8H,1,15H2,(H,17,18). The number of rotatable bonds is 3. The van der Waals surface area contributed by atoms with Crippen LogP contribution in [0.2, 0.25) is 0 Å². The summed E-state index contributed by atoms with van der Waals surface area (Å²) in [6.45, 7) is 4.04. The van der Waals surface area contributed by atoms with E-state index in [2.05, 4.69) is 21.5 Å². The third-order valence-electron chi connectivity index (χ3n) is 2.76. The van der Waals surface area contributed by atoms with Gasteiger partial charge in [-0.1, -0.05) is 30.5 Å². The van der Waals surface area contributed by atoms with Crippen molar-refractivity contribution in [3.8, 4) is 0 Å². The molecule has 0 bridgehead atoms. The van der Waals surface area contributed by atoms with Gasteiger partial charge in [-0.25, -0.2) is 4.98 Å². The zero-order chi connectivity index (χ0) is 13.2. The minimum absolute atomic E-state index is 0.684. The van der Waals surface area contributed by atoms with Crippen LogP contribution in [0.3, 0.4) is 0 Å². The summed E-state index contributed by atoms with van der Waals surface area (Å²) in [5.74, 6) is 0.777. The van der Waals surface area contributed by atoms with Gasteiger partial charge in [0.2, 0.25) is 0 Å². The second-order valence-corrected chi connectivity index (χ2v) is 5.15. The molecular formula is C14H12N4S. The fourth-order valence-electron chi connectivity index (χ4n) is 1.86. The number of imidazole rings is 1. The minimum atomic E-state index is 0.684. The number of nitrogens with zero attached hydrogens (tertiary/aromatic N) is 2. The zero-order valence-electron chi connectivity index (χ0n) is 10.1. The number of hydrogen-bond donors (Lipinski definition) is 2. The lowest BCUT2D eigenvalue weighted by Crippen LogP contribution is -1.90. The number of thioether (sulfide) groups is 1. The van der Waals surface area contributed by atoms with Gasteiger partial charge in [0, 0.05) is 33.8 Å². The van der Waals surface area contributed by atoms with E-state index < -0.39 is 0 Å². The SMILES string of the molecule is C=C(Sc1ccnc2c(N)cccc12)c1ncc[nH]1. The molecule has 3 aromatic rings. The van der Waals surface area contributed by atoms with Crippen molar-refractivity contribution >= 4 is 33.3 Å². The smallest absolute Gasteiger partial charge is 0.143 e. The van der Waals surface area contributed by atoms with Crippen molar-refractivity contribution in [2.24, 2.45) is 0 Å². The number of para-hydroxylation sites is 1. The lowest BCUT2D eigenvalue weighted by Gasteiger charge is -2.07. The van der Waals surface area contributed by atoms with Gasteiger partial charge in [0.25, 0.3) is 0 Å². The number of aromatic amines is 1. The fourth-order valence-corrected chi connectivity index (χ4v) is 2.74. The first-order chi connectivity index (χ1) is 9.25. The normalized spacial score (nSPS) is 10.7. The Morgan fingerprint density at radius 1 is 1.21 bits per heavy atom. The van der Waals surface area contributed by atoms with E-state index in [0.29, 0.717) is 5.69 Å². The summed E-state index contributed by atoms with van der Waals surface area (Å²) >= 11 is 1.56. The van der Waals surface area contributed by atoms with Gasteiger partial charge in [0.15, 0.2) is 0 Å². The topological polar surface area (TPSA) is 67.6 Å². The predicted octanol–water partition coefficient (Wildman–Crippen LogP) is 3.30. The highest BCUT2D eigenvalue weighted by Gasteiger charge is 2.08. The summed E-state index contributed by atoms with van der Waals surface area (Å²) in [4.78, 5) is 13.5. The van der Waals surface area contributed by atoms with Gasteiger partial charge in [-0.2, -0.15) is 0 Å². The molecule has 3 rings (SSSR count). The Balaban J connectivity index is 2.02. The number of fused-ring (bicyclic) bond motifs is 1. The fraction of sp³-hybridized carbons (Fsp3) is 0. The molecule has 5 heteroatoms. The van der Waals surface area contributed by atoms with Crippen molar-refractivity contribution in [1.82, 2.24) is 15.0 Å². The molecule has 0 atom stereocenters. The molecule has 3 N–H and O–H groups in total. The predicted molar refractivity (Wildman–Crippen MR) is 79.6 cm³/mol. The Morgan fingerprint density at radius 2 is 2.11 bits per heavy atom. The van der Waals surface area contributed by atoms with Gasteiger partial charge in [-0.05, 0) is 12.1 Å². The zero-order valence-corrected chi connectivity index (χ0v) is 10.9. The summed E-state index contributed by atoms with van der Waals surface area (Å²) in [5.41, 5.74) is 7.44. The van der Waals surface area contributed by atoms with E-state index in [1.165, 1.54) is 0 Å². The minimum Gasteiger partial charge on any atom is -0.397 e. The van der Waals surface area contributed by atoms with E-state index in [4.69, 9.17) is 5.73 Å². The van der Waals surface area contributed by atoms with Crippen molar-refractivity contribution in [2.45, 2.75) is 4.90 Å². The summed E-state index contributed by atoms with van der Waals surface area (Å²) in [6.07, 6.45) is 5.25. The summed E-state index contributed by atoms with van der Waals surface area (Å²) < 4.78 is 0. The first-order valence-corrected chi connectivity index (χ1v) is 6.57. The summed E-state index contributed by atoms with van der Waals surface area (Å²) in [7, 11) is 0. The number of nitrogen functional groups attached to an aromatic ring is 1. The molecule has 0 saturated carbocycles. The molecule has 4 nitrogen and oxygen atoms in total. The molecule has 0 saturated heterocycles. The number of H-pyrrole nitrogens is 1. The quantitative estimate of drug-likeness (QED) is 0.565. The number of anilines is 1. The molecule has 0 aliphatic heterocycles. The maximum atomic E-state index is 5.94. The Hall–Kier alpha value is -2.27. The number of benzene rings is 1. The van der Waals surface area contributed by atoms with E-state index in [1.807, 2.05) is 24.3 Å². The van der Waals surface area contributed by atoms with Crippen LogP contribution in [0, 0.1) is 0 Å². The molecule has 94 valence electrons. The molecule has 2 heterocycles. The van der Waals surface area contributed by atoms with E-state index in [1.54, 1.807) is 30.4 Å². The molecule has 2 aromatic heterocycles. The highest BCUT2D eigenvalue weighted by atomic mass is 32.2. The van der Waals surface area contributed by atoms with Crippen molar-refractivity contribution in [3.63, 3.8) is 0 Å². The molecular weight excluding hydrogens is 256 g/mol. The van der Waals surface area contributed by atoms with E-state index in [0.717, 1.165) is 26.5 Å². The molecule has 0 spiro atoms. The summed E-state index contributed by atoms with van der Waals surface area (Å²) in [5, 5.41) is 1.03. The van der Waals surface area contributed by atoms with Crippen LogP contribution >= 0.6 is 11.8 Å². The van der Waals surface area contributed by atoms with E-state index in [-0.39, 0.29) is 0 Å². The van der Waals surface area contributed by atoms with Crippen LogP contribution in [0.15, 0.2) is 54.3 Å². The monoisotopic (exact) mass is 268 g/mol. The maximum absolute atomic E-state index is 5.94. The Labute approximate surface area is 114 Å². The molecule has 0 radical (unpaired) electrons. The number of hydrogen-bond acceptors (Lipinski definition) is 4. The number of nitrogens with two attached hydrogens (primary N) is 1. The first-order valence-electron chi connectivity index (χ1n) is 5.75. The third kappa shape index (κ3) is 2.20. The van der Waals surface area contributed by atoms with E-state index in [9.17, 15) is 0 Å². The lowest BCUT2D eigenvalue weighted by molar-refractivity contribution is 1.26. The second kappa shape index (κ2) is 4.78. The molecule has 0 amide bonds. The van der Waals surface area contributed by atoms with Crippen molar-refractivity contribution in [1.29, 1.82) is 0 Å². The van der Waals surface area contributed by atoms with Gasteiger partial charge in [0.1, 0.15) is 5.82 Å². The summed E-state index contributed by atoms with van der Waals surface area (Å²) in [6, 6.07) is 7.75. The number of pyridine rings is 1. The number of nitrogens with one attached hydrogen (secondary N) is 1. The lowest BCUT2D eigenvalue weighted by atomic mass is 10.2. The van der Waals surface area contributed by atoms with Crippen LogP contribution in [0.25, 0.3) is 15.8 Å². The van der Waals surface area contributed by atoms with Gasteiger partial charge in [0.05, 0.1) is 11.2 Å². The van der Waals surface area contributed by atoms with Crippen molar-refractivity contribution in [3.05, 3.63) is 55.3 Å². The molecule has 1 aromatic carbocycles. The van der Waals surface area contributed by atoms with Crippen molar-refractivity contribution in [2.75, 3.05) is 5.73 Å². The maximum Gasteiger partial charge on any atom is 0.143 e. The van der Waals surface area contributed by atoms with Crippen molar-refractivity contribution < 1.29 is 0 Å². The molecule has 0 unspecified atom stereocenters. The Morgan fingerprint density at radius 3 is 2.89 bits per heavy atom. The largest absolute Gasteiger partial charge is 0.397 e. The number of aromatic nitrogens is 3. The Kier molecular flexibility index (Phi) is 2.97. The average Bonchev–Trinajstić information content (AvgIpc) is 2.94. The third-order valence-corrected chi connectivity index (χ3v) is 3.77. The first kappa shape index (κ1) is 11.8. The Bertz CT molecular complexity index is 734. The molecule has 19 heavy (non-hydrogen) atoms. The van der Waals surface area contributed by atoms with Gasteiger partial charge in [-0.3, -0.25) is 4.98 Å². The second-order valence-electron chi connectivity index (χ2n) is 4.02. The van der Waals surface area contributed by atoms with Gasteiger partial charge < -0.3 is 10.7 Å². The highest BCUT2D eigenvalue weighted by molar-refractivity contribution is 8.08. The van der Waals surface area contributed by atoms with Crippen LogP contribution in [-0.4, -0.2) is 15.0 Å². The highest BCUT2D eigenvalue weighted by Crippen LogP contribution is 2.36. The van der Waals surface area contributed by atoms with Crippen LogP contribution < -0.4 is 5.73 Å². The molecule has 0 aliphatic carbocycles. The average molecular weight is 268 g/mol. The molecule has 0 fully saturated rings. The van der Waals surface area contributed by atoms with Crippen LogP contribution in [0.4, 0.5) is 5.69 Å². The van der Waals surface area contributed by atoms with Crippen LogP contribution in [-0.2, 0) is 0 Å². The van der Waals surface area contributed by atoms with Crippen LogP contribution in [0.1, 0.15) is 5.82 Å². The van der Waals surface area contributed by atoms with E-state index >= 15 is 0 Å². The van der Waals surface area contributed by atoms with Gasteiger partial charge >= 0.3 is 0 Å². The molecule has 0 aliphatic rings.